The Morgan fingerprint density at radius 3 is 0.855 bits per heavy atom. The van der Waals surface area contributed by atoms with Crippen LogP contribution in [0.3, 0.4) is 0 Å². The highest BCUT2D eigenvalue weighted by atomic mass is 16.6. The van der Waals surface area contributed by atoms with Crippen LogP contribution in [-0.4, -0.2) is 37.2 Å². The van der Waals surface area contributed by atoms with Gasteiger partial charge in [-0.2, -0.15) is 0 Å². The van der Waals surface area contributed by atoms with E-state index < -0.39 is 12.1 Å². The summed E-state index contributed by atoms with van der Waals surface area (Å²) in [4.78, 5) is 38.4. The van der Waals surface area contributed by atoms with Gasteiger partial charge in [-0.05, 0) is 109 Å². The summed E-state index contributed by atoms with van der Waals surface area (Å²) in [6.07, 6.45) is 98.3. The number of esters is 3. The van der Waals surface area contributed by atoms with Crippen LogP contribution in [0.25, 0.3) is 0 Å². The molecule has 0 N–H and O–H groups in total. The smallest absolute Gasteiger partial charge is 0.309 e. The Morgan fingerprint density at radius 1 is 0.265 bits per heavy atom. The maximum atomic E-state index is 13.0. The minimum absolute atomic E-state index is 0.108. The van der Waals surface area contributed by atoms with E-state index in [-0.39, 0.29) is 31.6 Å². The molecule has 6 nitrogen and oxygen atoms in total. The van der Waals surface area contributed by atoms with E-state index in [0.29, 0.717) is 12.8 Å². The molecule has 474 valence electrons. The van der Waals surface area contributed by atoms with E-state index in [0.717, 1.165) is 96.3 Å². The van der Waals surface area contributed by atoms with Gasteiger partial charge in [-0.1, -0.05) is 322 Å². The first kappa shape index (κ1) is 78.8. The molecule has 0 aromatic carbocycles. The molecular weight excluding hydrogens is 1020 g/mol. The molecule has 83 heavy (non-hydrogen) atoms. The summed E-state index contributed by atoms with van der Waals surface area (Å²) in [6.45, 7) is 6.36. The molecule has 0 aromatic heterocycles. The second-order valence-corrected chi connectivity index (χ2v) is 23.0. The normalized spacial score (nSPS) is 12.9. The Bertz CT molecular complexity index is 1700. The second-order valence-electron chi connectivity index (χ2n) is 23.0. The monoisotopic (exact) mass is 1150 g/mol. The molecular formula is C77H130O6. The summed E-state index contributed by atoms with van der Waals surface area (Å²) in [5.41, 5.74) is 0. The Hall–Kier alpha value is -4.19. The van der Waals surface area contributed by atoms with E-state index in [9.17, 15) is 14.4 Å². The lowest BCUT2D eigenvalue weighted by Crippen LogP contribution is -2.30. The molecule has 1 unspecified atom stereocenters. The van der Waals surface area contributed by atoms with Gasteiger partial charge in [0.2, 0.25) is 0 Å². The van der Waals surface area contributed by atoms with Crippen LogP contribution < -0.4 is 0 Å². The Morgan fingerprint density at radius 2 is 0.518 bits per heavy atom. The zero-order valence-electron chi connectivity index (χ0n) is 54.4. The van der Waals surface area contributed by atoms with Crippen LogP contribution in [0.2, 0.25) is 0 Å². The Balaban J connectivity index is 4.36. The zero-order valence-corrected chi connectivity index (χ0v) is 54.4. The van der Waals surface area contributed by atoms with Gasteiger partial charge < -0.3 is 14.2 Å². The van der Waals surface area contributed by atoms with Crippen LogP contribution in [0.15, 0.2) is 122 Å². The maximum Gasteiger partial charge on any atom is 0.309 e. The van der Waals surface area contributed by atoms with Crippen LogP contribution in [0.1, 0.15) is 329 Å². The van der Waals surface area contributed by atoms with Crippen molar-refractivity contribution in [2.75, 3.05) is 13.2 Å². The number of allylic oxidation sites excluding steroid dienone is 19. The van der Waals surface area contributed by atoms with E-state index in [2.05, 4.69) is 130 Å². The third-order valence-corrected chi connectivity index (χ3v) is 15.0. The van der Waals surface area contributed by atoms with E-state index in [1.165, 1.54) is 193 Å². The van der Waals surface area contributed by atoms with Gasteiger partial charge >= 0.3 is 17.9 Å². The molecule has 0 aliphatic carbocycles. The molecule has 0 saturated carbocycles. The van der Waals surface area contributed by atoms with E-state index in [1.54, 1.807) is 6.08 Å². The van der Waals surface area contributed by atoms with Gasteiger partial charge in [-0.15, -0.1) is 0 Å². The van der Waals surface area contributed by atoms with Crippen LogP contribution in [0, 0.1) is 0 Å². The standard InChI is InChI=1S/C77H130O6/c1-4-7-10-13-16-19-22-25-28-30-32-34-36-37-38-39-41-42-44-46-49-52-55-58-61-64-67-70-76(79)82-73-74(72-81-75(78)69-66-63-60-57-54-51-48-27-24-21-18-15-12-9-6-3)83-77(80)71-68-65-62-59-56-53-50-47-45-43-40-35-33-31-29-26-23-20-17-14-11-8-5-2/h7,9-10,12,16,18-19,21,25,27-28,31-34,48,54,57,63,66,74H,4-6,8,11,13-15,17,20,22-24,26,29-30,35-47,49-53,55-56,58-62,64-65,67-73H2,1-3H3/b10-7-,12-9-,19-16-,21-18-,28-25-,33-31-,34-32-,48-27-,57-54-,66-63-. The van der Waals surface area contributed by atoms with Crippen LogP contribution in [-0.2, 0) is 28.6 Å². The fourth-order valence-corrected chi connectivity index (χ4v) is 9.80. The molecule has 0 aliphatic heterocycles. The van der Waals surface area contributed by atoms with Gasteiger partial charge in [0, 0.05) is 12.8 Å². The number of rotatable bonds is 63. The highest BCUT2D eigenvalue weighted by Crippen LogP contribution is 2.17. The lowest BCUT2D eigenvalue weighted by atomic mass is 10.0. The molecule has 0 aromatic rings. The quantitative estimate of drug-likeness (QED) is 0.0261. The number of carbonyl (C=O) groups is 3. The third kappa shape index (κ3) is 68.5. The largest absolute Gasteiger partial charge is 0.462 e. The summed E-state index contributed by atoms with van der Waals surface area (Å²) in [5.74, 6) is -1.03. The average Bonchev–Trinajstić information content (AvgIpc) is 3.49. The first-order chi connectivity index (χ1) is 41.0. The lowest BCUT2D eigenvalue weighted by Gasteiger charge is -2.18. The molecule has 1 atom stereocenters. The molecule has 0 spiro atoms. The van der Waals surface area contributed by atoms with Gasteiger partial charge in [-0.25, -0.2) is 0 Å². The van der Waals surface area contributed by atoms with Gasteiger partial charge in [0.25, 0.3) is 0 Å². The van der Waals surface area contributed by atoms with Gasteiger partial charge in [-0.3, -0.25) is 14.4 Å². The first-order valence-electron chi connectivity index (χ1n) is 35.0. The predicted molar refractivity (Wildman–Crippen MR) is 362 cm³/mol. The number of carbonyl (C=O) groups excluding carboxylic acids is 3. The topological polar surface area (TPSA) is 78.9 Å². The minimum Gasteiger partial charge on any atom is -0.462 e. The molecule has 0 saturated heterocycles. The number of hydrogen-bond donors (Lipinski definition) is 0. The van der Waals surface area contributed by atoms with Crippen molar-refractivity contribution in [3.05, 3.63) is 122 Å². The number of unbranched alkanes of at least 4 members (excludes halogenated alkanes) is 33. The Labute approximate surface area is 513 Å². The molecule has 0 rings (SSSR count). The third-order valence-electron chi connectivity index (χ3n) is 15.0. The van der Waals surface area contributed by atoms with Crippen LogP contribution in [0.4, 0.5) is 0 Å². The highest BCUT2D eigenvalue weighted by Gasteiger charge is 2.19. The summed E-state index contributed by atoms with van der Waals surface area (Å²) in [5, 5.41) is 0. The molecule has 0 fully saturated rings. The van der Waals surface area contributed by atoms with E-state index in [1.807, 2.05) is 6.08 Å². The minimum atomic E-state index is -0.822. The molecule has 6 heteroatoms. The van der Waals surface area contributed by atoms with Crippen molar-refractivity contribution < 1.29 is 28.6 Å². The molecule has 0 aliphatic rings. The maximum absolute atomic E-state index is 13.0. The fourth-order valence-electron chi connectivity index (χ4n) is 9.80. The number of hydrogen-bond acceptors (Lipinski definition) is 6. The Kier molecular flexibility index (Phi) is 66.7. The van der Waals surface area contributed by atoms with Crippen LogP contribution in [0.5, 0.6) is 0 Å². The van der Waals surface area contributed by atoms with Crippen molar-refractivity contribution in [2.45, 2.75) is 335 Å². The highest BCUT2D eigenvalue weighted by molar-refractivity contribution is 5.72. The van der Waals surface area contributed by atoms with Gasteiger partial charge in [0.15, 0.2) is 6.10 Å². The van der Waals surface area contributed by atoms with Crippen molar-refractivity contribution in [3.63, 3.8) is 0 Å². The predicted octanol–water partition coefficient (Wildman–Crippen LogP) is 24.3. The van der Waals surface area contributed by atoms with Crippen molar-refractivity contribution in [1.82, 2.24) is 0 Å². The van der Waals surface area contributed by atoms with Crippen molar-refractivity contribution in [1.29, 1.82) is 0 Å². The molecule has 0 bridgehead atoms. The summed E-state index contributed by atoms with van der Waals surface area (Å²) >= 11 is 0. The first-order valence-corrected chi connectivity index (χ1v) is 35.0. The zero-order chi connectivity index (χ0) is 59.9. The lowest BCUT2D eigenvalue weighted by molar-refractivity contribution is -0.166. The average molecular weight is 1150 g/mol. The van der Waals surface area contributed by atoms with Gasteiger partial charge in [0.05, 0.1) is 6.42 Å². The number of ether oxygens (including phenoxy) is 3. The van der Waals surface area contributed by atoms with Crippen molar-refractivity contribution >= 4 is 17.9 Å². The summed E-state index contributed by atoms with van der Waals surface area (Å²) < 4.78 is 16.9. The van der Waals surface area contributed by atoms with E-state index in [4.69, 9.17) is 14.2 Å². The summed E-state index contributed by atoms with van der Waals surface area (Å²) in [7, 11) is 0. The fraction of sp³-hybridized carbons (Fsp3) is 0.701. The van der Waals surface area contributed by atoms with Crippen LogP contribution >= 0.6 is 0 Å². The van der Waals surface area contributed by atoms with Crippen molar-refractivity contribution in [3.8, 4) is 0 Å². The second kappa shape index (κ2) is 70.3. The summed E-state index contributed by atoms with van der Waals surface area (Å²) in [6, 6.07) is 0. The SMILES string of the molecule is CC/C=C\C/C=C\C/C=C\C/C=C\C/C=C\CC(=O)OCC(COC(=O)CCCCCCCCCCCCCCCC/C=C\C/C=C\C/C=C\C/C=C\CC)OC(=O)CCCCCCCCCCCCC/C=C\CCCCCCCCCC. The van der Waals surface area contributed by atoms with Crippen molar-refractivity contribution in [2.24, 2.45) is 0 Å². The van der Waals surface area contributed by atoms with E-state index >= 15 is 0 Å². The molecule has 0 amide bonds. The van der Waals surface area contributed by atoms with Gasteiger partial charge in [0.1, 0.15) is 13.2 Å². The molecule has 0 radical (unpaired) electrons. The molecule has 0 heterocycles.